The smallest absolute Gasteiger partial charge is 0.174 e. The third kappa shape index (κ3) is 4.57. The summed E-state index contributed by atoms with van der Waals surface area (Å²) in [5.41, 5.74) is 0. The van der Waals surface area contributed by atoms with Gasteiger partial charge in [-0.1, -0.05) is 32.6 Å². The van der Waals surface area contributed by atoms with Crippen molar-refractivity contribution in [2.75, 3.05) is 0 Å². The number of allylic oxidation sites excluding steroid dienone is 1. The lowest BCUT2D eigenvalue weighted by Gasteiger charge is -2.37. The Labute approximate surface area is 116 Å². The van der Waals surface area contributed by atoms with E-state index in [9.17, 15) is 8.78 Å². The minimum absolute atomic E-state index is 0.151. The van der Waals surface area contributed by atoms with Gasteiger partial charge in [0, 0.05) is 0 Å². The van der Waals surface area contributed by atoms with Crippen LogP contribution < -0.4 is 0 Å². The third-order valence-electron chi connectivity index (χ3n) is 5.43. The summed E-state index contributed by atoms with van der Waals surface area (Å²) in [6, 6.07) is 0. The van der Waals surface area contributed by atoms with E-state index in [1.165, 1.54) is 57.4 Å². The molecule has 2 fully saturated rings. The van der Waals surface area contributed by atoms with E-state index in [2.05, 4.69) is 6.92 Å². The average Bonchev–Trinajstić information content (AvgIpc) is 2.40. The highest BCUT2D eigenvalue weighted by molar-refractivity contribution is 4.92. The summed E-state index contributed by atoms with van der Waals surface area (Å²) in [6.07, 6.45) is 12.4. The fourth-order valence-corrected chi connectivity index (χ4v) is 4.32. The van der Waals surface area contributed by atoms with Gasteiger partial charge in [0.05, 0.1) is 0 Å². The zero-order chi connectivity index (χ0) is 13.7. The predicted molar refractivity (Wildman–Crippen MR) is 76.1 cm³/mol. The van der Waals surface area contributed by atoms with Crippen molar-refractivity contribution < 1.29 is 8.78 Å². The molecule has 0 N–H and O–H groups in total. The van der Waals surface area contributed by atoms with Crippen molar-refractivity contribution in [3.05, 3.63) is 12.2 Å². The minimum Gasteiger partial charge on any atom is -0.174 e. The van der Waals surface area contributed by atoms with Crippen LogP contribution in [0.1, 0.15) is 71.1 Å². The molecule has 0 aromatic carbocycles. The van der Waals surface area contributed by atoms with Crippen molar-refractivity contribution in [1.29, 1.82) is 0 Å². The van der Waals surface area contributed by atoms with Crippen LogP contribution in [0.3, 0.4) is 0 Å². The van der Waals surface area contributed by atoms with Crippen molar-refractivity contribution >= 4 is 0 Å². The van der Waals surface area contributed by atoms with E-state index in [0.29, 0.717) is 0 Å². The molecule has 0 radical (unpaired) electrons. The van der Waals surface area contributed by atoms with Gasteiger partial charge < -0.3 is 0 Å². The zero-order valence-corrected chi connectivity index (χ0v) is 12.2. The highest BCUT2D eigenvalue weighted by Crippen LogP contribution is 2.42. The molecule has 0 heterocycles. The molecule has 2 rings (SSSR count). The van der Waals surface area contributed by atoms with E-state index in [1.807, 2.05) is 0 Å². The van der Waals surface area contributed by atoms with Gasteiger partial charge >= 0.3 is 0 Å². The van der Waals surface area contributed by atoms with Gasteiger partial charge in [-0.05, 0) is 68.3 Å². The van der Waals surface area contributed by atoms with Crippen LogP contribution in [0.5, 0.6) is 0 Å². The molecule has 0 saturated heterocycles. The first-order valence-corrected chi connectivity index (χ1v) is 8.21. The number of rotatable bonds is 4. The first-order valence-electron chi connectivity index (χ1n) is 8.21. The summed E-state index contributed by atoms with van der Waals surface area (Å²) in [6.45, 7) is 2.28. The standard InChI is InChI=1S/C17H28F2/c1-2-3-13-4-8-15(9-5-13)16-10-6-14(7-11-16)12-17(18)19/h12-16H,2-11H2,1H3/t13-,14-,15-,16-. The van der Waals surface area contributed by atoms with Crippen molar-refractivity contribution in [1.82, 2.24) is 0 Å². The summed E-state index contributed by atoms with van der Waals surface area (Å²) < 4.78 is 24.5. The molecule has 0 bridgehead atoms. The minimum atomic E-state index is -1.48. The number of hydrogen-bond donors (Lipinski definition) is 0. The Balaban J connectivity index is 1.72. The second kappa shape index (κ2) is 7.40. The Bertz CT molecular complexity index is 278. The van der Waals surface area contributed by atoms with E-state index in [0.717, 1.165) is 30.6 Å². The molecule has 0 aromatic heterocycles. The molecule has 19 heavy (non-hydrogen) atoms. The van der Waals surface area contributed by atoms with E-state index in [-0.39, 0.29) is 5.92 Å². The first-order chi connectivity index (χ1) is 9.19. The van der Waals surface area contributed by atoms with Crippen molar-refractivity contribution in [3.63, 3.8) is 0 Å². The molecule has 110 valence electrons. The van der Waals surface area contributed by atoms with Gasteiger partial charge in [-0.2, -0.15) is 8.78 Å². The van der Waals surface area contributed by atoms with Gasteiger partial charge in [-0.15, -0.1) is 0 Å². The van der Waals surface area contributed by atoms with Crippen molar-refractivity contribution in [3.8, 4) is 0 Å². The summed E-state index contributed by atoms with van der Waals surface area (Å²) in [7, 11) is 0. The fraction of sp³-hybridized carbons (Fsp3) is 0.882. The Morgan fingerprint density at radius 3 is 1.89 bits per heavy atom. The lowest BCUT2D eigenvalue weighted by molar-refractivity contribution is 0.151. The molecule has 2 heteroatoms. The fourth-order valence-electron chi connectivity index (χ4n) is 4.32. The molecule has 0 atom stereocenters. The van der Waals surface area contributed by atoms with Crippen LogP contribution in [-0.2, 0) is 0 Å². The lowest BCUT2D eigenvalue weighted by atomic mass is 9.69. The van der Waals surface area contributed by atoms with Gasteiger partial charge in [0.15, 0.2) is 0 Å². The molecular formula is C17H28F2. The van der Waals surface area contributed by atoms with Crippen LogP contribution in [-0.4, -0.2) is 0 Å². The van der Waals surface area contributed by atoms with Gasteiger partial charge in [0.1, 0.15) is 0 Å². The van der Waals surface area contributed by atoms with Crippen LogP contribution in [0.15, 0.2) is 12.2 Å². The molecule has 2 aliphatic rings. The summed E-state index contributed by atoms with van der Waals surface area (Å²) in [5.74, 6) is 2.85. The van der Waals surface area contributed by atoms with Crippen molar-refractivity contribution in [2.24, 2.45) is 23.7 Å². The predicted octanol–water partition coefficient (Wildman–Crippen LogP) is 6.18. The number of hydrogen-bond acceptors (Lipinski definition) is 0. The SMILES string of the molecule is CCC[C@H]1CC[C@H]([C@H]2CC[C@H](C=C(F)F)CC2)CC1. The van der Waals surface area contributed by atoms with Gasteiger partial charge in [0.25, 0.3) is 6.08 Å². The maximum absolute atomic E-state index is 12.2. The monoisotopic (exact) mass is 270 g/mol. The van der Waals surface area contributed by atoms with E-state index in [1.54, 1.807) is 0 Å². The maximum Gasteiger partial charge on any atom is 0.266 e. The van der Waals surface area contributed by atoms with Crippen LogP contribution in [0.25, 0.3) is 0 Å². The second-order valence-corrected chi connectivity index (χ2v) is 6.70. The second-order valence-electron chi connectivity index (χ2n) is 6.70. The Morgan fingerprint density at radius 1 is 0.895 bits per heavy atom. The molecular weight excluding hydrogens is 242 g/mol. The highest BCUT2D eigenvalue weighted by atomic mass is 19.3. The molecule has 2 saturated carbocycles. The lowest BCUT2D eigenvalue weighted by Crippen LogP contribution is -2.25. The molecule has 0 aliphatic heterocycles. The molecule has 0 unspecified atom stereocenters. The third-order valence-corrected chi connectivity index (χ3v) is 5.43. The molecule has 0 spiro atoms. The quantitative estimate of drug-likeness (QED) is 0.572. The number of halogens is 2. The van der Waals surface area contributed by atoms with Gasteiger partial charge in [-0.3, -0.25) is 0 Å². The average molecular weight is 270 g/mol. The van der Waals surface area contributed by atoms with E-state index >= 15 is 0 Å². The molecule has 0 amide bonds. The first kappa shape index (κ1) is 15.0. The van der Waals surface area contributed by atoms with Crippen LogP contribution in [0.4, 0.5) is 8.78 Å². The molecule has 0 aromatic rings. The Morgan fingerprint density at radius 2 is 1.42 bits per heavy atom. The van der Waals surface area contributed by atoms with E-state index < -0.39 is 6.08 Å². The Hall–Kier alpha value is -0.400. The maximum atomic E-state index is 12.2. The summed E-state index contributed by atoms with van der Waals surface area (Å²) >= 11 is 0. The van der Waals surface area contributed by atoms with Gasteiger partial charge in [-0.25, -0.2) is 0 Å². The molecule has 2 aliphatic carbocycles. The van der Waals surface area contributed by atoms with Gasteiger partial charge in [0.2, 0.25) is 0 Å². The van der Waals surface area contributed by atoms with Crippen molar-refractivity contribution in [2.45, 2.75) is 71.1 Å². The normalized spacial score (nSPS) is 35.9. The summed E-state index contributed by atoms with van der Waals surface area (Å²) in [5, 5.41) is 0. The topological polar surface area (TPSA) is 0 Å². The van der Waals surface area contributed by atoms with Crippen LogP contribution >= 0.6 is 0 Å². The largest absolute Gasteiger partial charge is 0.266 e. The van der Waals surface area contributed by atoms with E-state index in [4.69, 9.17) is 0 Å². The molecule has 0 nitrogen and oxygen atoms in total. The highest BCUT2D eigenvalue weighted by Gasteiger charge is 2.30. The Kier molecular flexibility index (Phi) is 5.84. The zero-order valence-electron chi connectivity index (χ0n) is 12.2. The van der Waals surface area contributed by atoms with Crippen LogP contribution in [0.2, 0.25) is 0 Å². The summed E-state index contributed by atoms with van der Waals surface area (Å²) in [4.78, 5) is 0. The van der Waals surface area contributed by atoms with Crippen LogP contribution in [0, 0.1) is 23.7 Å².